The maximum atomic E-state index is 3.76. The quantitative estimate of drug-likeness (QED) is 0.819. The maximum absolute atomic E-state index is 3.76. The molecule has 0 bridgehead atoms. The molecule has 1 N–H and O–H groups in total. The standard InChI is InChI=1S/C18H30N2/c1-3-5-12-20-15-17(9-4-2)19-14-18(20)13-16-10-7-6-8-11-16/h6-8,10-11,17-19H,3-5,9,12-15H2,1-2H3. The van der Waals surface area contributed by atoms with Crippen LogP contribution in [0.1, 0.15) is 45.1 Å². The highest BCUT2D eigenvalue weighted by atomic mass is 15.2. The van der Waals surface area contributed by atoms with Crippen molar-refractivity contribution in [2.24, 2.45) is 0 Å². The lowest BCUT2D eigenvalue weighted by molar-refractivity contribution is 0.124. The second-order valence-electron chi connectivity index (χ2n) is 6.09. The second kappa shape index (κ2) is 8.43. The van der Waals surface area contributed by atoms with Crippen LogP contribution in [0.25, 0.3) is 0 Å². The second-order valence-corrected chi connectivity index (χ2v) is 6.09. The van der Waals surface area contributed by atoms with Crippen molar-refractivity contribution >= 4 is 0 Å². The first-order valence-corrected chi connectivity index (χ1v) is 8.34. The lowest BCUT2D eigenvalue weighted by Gasteiger charge is -2.40. The molecule has 2 atom stereocenters. The summed E-state index contributed by atoms with van der Waals surface area (Å²) in [5, 5.41) is 3.76. The summed E-state index contributed by atoms with van der Waals surface area (Å²) in [4.78, 5) is 2.73. The van der Waals surface area contributed by atoms with Crippen LogP contribution in [0.2, 0.25) is 0 Å². The van der Waals surface area contributed by atoms with Crippen molar-refractivity contribution in [1.82, 2.24) is 10.2 Å². The van der Waals surface area contributed by atoms with Gasteiger partial charge in [0.25, 0.3) is 0 Å². The van der Waals surface area contributed by atoms with Crippen LogP contribution >= 0.6 is 0 Å². The molecule has 0 radical (unpaired) electrons. The molecule has 0 aromatic heterocycles. The zero-order chi connectivity index (χ0) is 14.2. The molecular formula is C18H30N2. The Bertz CT molecular complexity index is 363. The summed E-state index contributed by atoms with van der Waals surface area (Å²) in [6.45, 7) is 8.20. The molecule has 20 heavy (non-hydrogen) atoms. The lowest BCUT2D eigenvalue weighted by Crippen LogP contribution is -2.57. The van der Waals surface area contributed by atoms with E-state index in [-0.39, 0.29) is 0 Å². The Morgan fingerprint density at radius 1 is 1.15 bits per heavy atom. The van der Waals surface area contributed by atoms with Crippen LogP contribution in [-0.2, 0) is 6.42 Å². The molecule has 0 aliphatic carbocycles. The van der Waals surface area contributed by atoms with Crippen molar-refractivity contribution in [2.45, 2.75) is 58.0 Å². The summed E-state index contributed by atoms with van der Waals surface area (Å²) in [5.41, 5.74) is 1.47. The first-order valence-electron chi connectivity index (χ1n) is 8.34. The molecular weight excluding hydrogens is 244 g/mol. The van der Waals surface area contributed by atoms with E-state index in [1.54, 1.807) is 0 Å². The van der Waals surface area contributed by atoms with Gasteiger partial charge in [-0.25, -0.2) is 0 Å². The van der Waals surface area contributed by atoms with Crippen molar-refractivity contribution < 1.29 is 0 Å². The smallest absolute Gasteiger partial charge is 0.0261 e. The minimum Gasteiger partial charge on any atom is -0.311 e. The van der Waals surface area contributed by atoms with Crippen molar-refractivity contribution in [3.05, 3.63) is 35.9 Å². The van der Waals surface area contributed by atoms with Crippen LogP contribution in [0, 0.1) is 0 Å². The number of unbranched alkanes of at least 4 members (excludes halogenated alkanes) is 1. The molecule has 1 aliphatic heterocycles. The Kier molecular flexibility index (Phi) is 6.55. The van der Waals surface area contributed by atoms with Crippen molar-refractivity contribution in [3.8, 4) is 0 Å². The zero-order valence-corrected chi connectivity index (χ0v) is 13.1. The molecule has 1 aliphatic rings. The van der Waals surface area contributed by atoms with Crippen molar-refractivity contribution in [1.29, 1.82) is 0 Å². The van der Waals surface area contributed by atoms with E-state index in [0.717, 1.165) is 6.54 Å². The minimum atomic E-state index is 0.664. The molecule has 1 aromatic carbocycles. The van der Waals surface area contributed by atoms with Gasteiger partial charge in [0, 0.05) is 25.2 Å². The zero-order valence-electron chi connectivity index (χ0n) is 13.1. The molecule has 2 rings (SSSR count). The molecule has 2 heteroatoms. The van der Waals surface area contributed by atoms with Crippen LogP contribution in [0.15, 0.2) is 30.3 Å². The number of hydrogen-bond donors (Lipinski definition) is 1. The van der Waals surface area contributed by atoms with Gasteiger partial charge in [-0.2, -0.15) is 0 Å². The van der Waals surface area contributed by atoms with Crippen molar-refractivity contribution in [2.75, 3.05) is 19.6 Å². The number of piperazine rings is 1. The van der Waals surface area contributed by atoms with Crippen LogP contribution < -0.4 is 5.32 Å². The molecule has 0 spiro atoms. The predicted octanol–water partition coefficient (Wildman–Crippen LogP) is 3.47. The monoisotopic (exact) mass is 274 g/mol. The van der Waals surface area contributed by atoms with E-state index < -0.39 is 0 Å². The van der Waals surface area contributed by atoms with Crippen LogP contribution in [0.5, 0.6) is 0 Å². The first kappa shape index (κ1) is 15.5. The summed E-state index contributed by atoms with van der Waals surface area (Å²) < 4.78 is 0. The molecule has 2 unspecified atom stereocenters. The van der Waals surface area contributed by atoms with E-state index in [9.17, 15) is 0 Å². The highest BCUT2D eigenvalue weighted by Gasteiger charge is 2.26. The Morgan fingerprint density at radius 2 is 1.95 bits per heavy atom. The Labute approximate surface area is 124 Å². The summed E-state index contributed by atoms with van der Waals surface area (Å²) in [6.07, 6.45) is 6.38. The average Bonchev–Trinajstić information content (AvgIpc) is 2.48. The van der Waals surface area contributed by atoms with E-state index in [0.29, 0.717) is 12.1 Å². The number of benzene rings is 1. The van der Waals surface area contributed by atoms with Gasteiger partial charge < -0.3 is 5.32 Å². The van der Waals surface area contributed by atoms with Gasteiger partial charge >= 0.3 is 0 Å². The van der Waals surface area contributed by atoms with Crippen molar-refractivity contribution in [3.63, 3.8) is 0 Å². The van der Waals surface area contributed by atoms with Gasteiger partial charge in [0.05, 0.1) is 0 Å². The minimum absolute atomic E-state index is 0.664. The van der Waals surface area contributed by atoms with E-state index in [4.69, 9.17) is 0 Å². The maximum Gasteiger partial charge on any atom is 0.0261 e. The Balaban J connectivity index is 1.94. The summed E-state index contributed by atoms with van der Waals surface area (Å²) in [7, 11) is 0. The van der Waals surface area contributed by atoms with Gasteiger partial charge in [-0.15, -0.1) is 0 Å². The highest BCUT2D eigenvalue weighted by Crippen LogP contribution is 2.16. The Hall–Kier alpha value is -0.860. The van der Waals surface area contributed by atoms with E-state index in [1.807, 2.05) is 0 Å². The van der Waals surface area contributed by atoms with Gasteiger partial charge in [-0.05, 0) is 31.4 Å². The lowest BCUT2D eigenvalue weighted by atomic mass is 9.99. The third-order valence-corrected chi connectivity index (χ3v) is 4.36. The van der Waals surface area contributed by atoms with Gasteiger partial charge in [-0.1, -0.05) is 57.0 Å². The number of hydrogen-bond acceptors (Lipinski definition) is 2. The summed E-state index contributed by atoms with van der Waals surface area (Å²) >= 11 is 0. The molecule has 1 saturated heterocycles. The summed E-state index contributed by atoms with van der Waals surface area (Å²) in [6, 6.07) is 12.3. The van der Waals surface area contributed by atoms with Crippen LogP contribution in [0.4, 0.5) is 0 Å². The largest absolute Gasteiger partial charge is 0.311 e. The highest BCUT2D eigenvalue weighted by molar-refractivity contribution is 5.16. The predicted molar refractivity (Wildman–Crippen MR) is 87.1 cm³/mol. The van der Waals surface area contributed by atoms with E-state index in [2.05, 4.69) is 54.4 Å². The normalized spacial score (nSPS) is 23.9. The van der Waals surface area contributed by atoms with E-state index in [1.165, 1.54) is 50.8 Å². The summed E-state index contributed by atoms with van der Waals surface area (Å²) in [5.74, 6) is 0. The molecule has 1 aromatic rings. The number of nitrogens with zero attached hydrogens (tertiary/aromatic N) is 1. The molecule has 1 fully saturated rings. The molecule has 112 valence electrons. The fraction of sp³-hybridized carbons (Fsp3) is 0.667. The molecule has 1 heterocycles. The number of nitrogens with one attached hydrogen (secondary N) is 1. The van der Waals surface area contributed by atoms with Gasteiger partial charge in [0.2, 0.25) is 0 Å². The van der Waals surface area contributed by atoms with Gasteiger partial charge in [-0.3, -0.25) is 4.90 Å². The van der Waals surface area contributed by atoms with Gasteiger partial charge in [0.15, 0.2) is 0 Å². The molecule has 0 amide bonds. The third kappa shape index (κ3) is 4.60. The topological polar surface area (TPSA) is 15.3 Å². The number of rotatable bonds is 7. The van der Waals surface area contributed by atoms with Crippen LogP contribution in [-0.4, -0.2) is 36.6 Å². The first-order chi connectivity index (χ1) is 9.83. The van der Waals surface area contributed by atoms with Crippen LogP contribution in [0.3, 0.4) is 0 Å². The fourth-order valence-electron chi connectivity index (χ4n) is 3.19. The van der Waals surface area contributed by atoms with E-state index >= 15 is 0 Å². The Morgan fingerprint density at radius 3 is 2.65 bits per heavy atom. The fourth-order valence-corrected chi connectivity index (χ4v) is 3.19. The molecule has 0 saturated carbocycles. The third-order valence-electron chi connectivity index (χ3n) is 4.36. The molecule has 2 nitrogen and oxygen atoms in total. The van der Waals surface area contributed by atoms with Gasteiger partial charge in [0.1, 0.15) is 0 Å². The SMILES string of the molecule is CCCCN1CC(CCC)NCC1Cc1ccccc1. The average molecular weight is 274 g/mol.